The SMILES string of the molecule is CC(C)C(CNS(=O)(=O)c1cc(N)c(F)cc1F)C(C)C. The van der Waals surface area contributed by atoms with Crippen molar-refractivity contribution in [2.45, 2.75) is 32.6 Å². The van der Waals surface area contributed by atoms with Crippen LogP contribution in [0.15, 0.2) is 17.0 Å². The zero-order valence-electron chi connectivity index (χ0n) is 12.7. The minimum Gasteiger partial charge on any atom is -0.396 e. The molecule has 0 aromatic heterocycles. The van der Waals surface area contributed by atoms with Crippen molar-refractivity contribution in [1.29, 1.82) is 0 Å². The van der Waals surface area contributed by atoms with E-state index < -0.39 is 32.2 Å². The Hall–Kier alpha value is -1.21. The van der Waals surface area contributed by atoms with E-state index in [0.717, 1.165) is 6.07 Å². The number of sulfonamides is 1. The van der Waals surface area contributed by atoms with Gasteiger partial charge in [0.15, 0.2) is 0 Å². The second kappa shape index (κ2) is 6.70. The maximum atomic E-state index is 13.7. The molecule has 0 amide bonds. The quantitative estimate of drug-likeness (QED) is 0.792. The fourth-order valence-corrected chi connectivity index (χ4v) is 3.44. The Balaban J connectivity index is 3.00. The molecule has 120 valence electrons. The predicted molar refractivity (Wildman–Crippen MR) is 79.1 cm³/mol. The normalized spacial score (nSPS) is 12.6. The third kappa shape index (κ3) is 4.38. The molecule has 1 rings (SSSR count). The Labute approximate surface area is 124 Å². The number of hydrogen-bond acceptors (Lipinski definition) is 3. The van der Waals surface area contributed by atoms with Gasteiger partial charge in [-0.2, -0.15) is 0 Å². The van der Waals surface area contributed by atoms with Gasteiger partial charge >= 0.3 is 0 Å². The maximum absolute atomic E-state index is 13.7. The van der Waals surface area contributed by atoms with Crippen LogP contribution in [0, 0.1) is 29.4 Å². The number of benzene rings is 1. The number of nitrogens with two attached hydrogens (primary N) is 1. The smallest absolute Gasteiger partial charge is 0.243 e. The monoisotopic (exact) mass is 320 g/mol. The highest BCUT2D eigenvalue weighted by atomic mass is 32.2. The molecule has 1 aromatic rings. The van der Waals surface area contributed by atoms with Gasteiger partial charge in [-0.15, -0.1) is 0 Å². The molecule has 3 N–H and O–H groups in total. The Morgan fingerprint density at radius 3 is 2.10 bits per heavy atom. The highest BCUT2D eigenvalue weighted by molar-refractivity contribution is 7.89. The first-order chi connectivity index (χ1) is 9.56. The molecule has 0 radical (unpaired) electrons. The van der Waals surface area contributed by atoms with Crippen LogP contribution in [-0.4, -0.2) is 15.0 Å². The van der Waals surface area contributed by atoms with Crippen molar-refractivity contribution in [1.82, 2.24) is 4.72 Å². The van der Waals surface area contributed by atoms with Crippen molar-refractivity contribution in [2.75, 3.05) is 12.3 Å². The minimum atomic E-state index is -4.06. The highest BCUT2D eigenvalue weighted by Gasteiger charge is 2.24. The third-order valence-corrected chi connectivity index (χ3v) is 5.00. The lowest BCUT2D eigenvalue weighted by Gasteiger charge is -2.25. The summed E-state index contributed by atoms with van der Waals surface area (Å²) in [4.78, 5) is -0.632. The van der Waals surface area contributed by atoms with E-state index >= 15 is 0 Å². The molecule has 0 saturated carbocycles. The van der Waals surface area contributed by atoms with Gasteiger partial charge in [0.2, 0.25) is 10.0 Å². The molecule has 0 atom stereocenters. The fourth-order valence-electron chi connectivity index (χ4n) is 2.28. The fraction of sp³-hybridized carbons (Fsp3) is 0.571. The van der Waals surface area contributed by atoms with Crippen LogP contribution in [0.4, 0.5) is 14.5 Å². The first kappa shape index (κ1) is 17.8. The van der Waals surface area contributed by atoms with Gasteiger partial charge in [-0.3, -0.25) is 0 Å². The van der Waals surface area contributed by atoms with Gasteiger partial charge in [0.05, 0.1) is 5.69 Å². The molecule has 0 unspecified atom stereocenters. The van der Waals surface area contributed by atoms with Crippen LogP contribution >= 0.6 is 0 Å². The molecule has 1 aromatic carbocycles. The van der Waals surface area contributed by atoms with Gasteiger partial charge in [0.1, 0.15) is 16.5 Å². The van der Waals surface area contributed by atoms with Gasteiger partial charge in [-0.1, -0.05) is 27.7 Å². The first-order valence-corrected chi connectivity index (χ1v) is 8.28. The Morgan fingerprint density at radius 2 is 1.62 bits per heavy atom. The first-order valence-electron chi connectivity index (χ1n) is 6.80. The third-order valence-electron chi connectivity index (χ3n) is 3.56. The van der Waals surface area contributed by atoms with E-state index in [1.165, 1.54) is 0 Å². The van der Waals surface area contributed by atoms with Crippen molar-refractivity contribution >= 4 is 15.7 Å². The van der Waals surface area contributed by atoms with Crippen LogP contribution in [0.2, 0.25) is 0 Å². The summed E-state index contributed by atoms with van der Waals surface area (Å²) in [5, 5.41) is 0. The molecule has 0 heterocycles. The van der Waals surface area contributed by atoms with E-state index in [0.29, 0.717) is 6.07 Å². The molecule has 0 aliphatic carbocycles. The number of anilines is 1. The van der Waals surface area contributed by atoms with Gasteiger partial charge in [0, 0.05) is 12.6 Å². The molecular weight excluding hydrogens is 298 g/mol. The second-order valence-electron chi connectivity index (χ2n) is 5.81. The number of halogens is 2. The van der Waals surface area contributed by atoms with Gasteiger partial charge in [-0.25, -0.2) is 21.9 Å². The lowest BCUT2D eigenvalue weighted by molar-refractivity contribution is 0.289. The van der Waals surface area contributed by atoms with Crippen molar-refractivity contribution < 1.29 is 17.2 Å². The molecule has 0 spiro atoms. The molecule has 0 saturated heterocycles. The van der Waals surface area contributed by atoms with E-state index in [-0.39, 0.29) is 24.3 Å². The summed E-state index contributed by atoms with van der Waals surface area (Å²) >= 11 is 0. The Kier molecular flexibility index (Phi) is 5.69. The summed E-state index contributed by atoms with van der Waals surface area (Å²) in [7, 11) is -4.06. The van der Waals surface area contributed by atoms with Crippen molar-refractivity contribution in [2.24, 2.45) is 17.8 Å². The number of nitrogens with one attached hydrogen (secondary N) is 1. The number of rotatable bonds is 6. The van der Waals surface area contributed by atoms with Gasteiger partial charge < -0.3 is 5.73 Å². The largest absolute Gasteiger partial charge is 0.396 e. The summed E-state index contributed by atoms with van der Waals surface area (Å²) < 4.78 is 53.4. The van der Waals surface area contributed by atoms with Gasteiger partial charge in [0.25, 0.3) is 0 Å². The molecule has 0 bridgehead atoms. The van der Waals surface area contributed by atoms with E-state index in [1.54, 1.807) is 0 Å². The molecule has 0 aliphatic rings. The van der Waals surface area contributed by atoms with Crippen molar-refractivity contribution in [3.8, 4) is 0 Å². The molecule has 0 aliphatic heterocycles. The van der Waals surface area contributed by atoms with Gasteiger partial charge in [-0.05, 0) is 23.8 Å². The van der Waals surface area contributed by atoms with Crippen LogP contribution in [0.25, 0.3) is 0 Å². The lowest BCUT2D eigenvalue weighted by Crippen LogP contribution is -2.34. The second-order valence-corrected chi connectivity index (χ2v) is 7.54. The van der Waals surface area contributed by atoms with Crippen LogP contribution in [0.5, 0.6) is 0 Å². The molecular formula is C14H22F2N2O2S. The van der Waals surface area contributed by atoms with Crippen molar-refractivity contribution in [3.63, 3.8) is 0 Å². The molecule has 7 heteroatoms. The molecule has 21 heavy (non-hydrogen) atoms. The predicted octanol–water partition coefficient (Wildman–Crippen LogP) is 2.75. The zero-order chi connectivity index (χ0) is 16.4. The molecule has 0 fully saturated rings. The average Bonchev–Trinajstić information content (AvgIpc) is 2.32. The van der Waals surface area contributed by atoms with E-state index in [9.17, 15) is 17.2 Å². The topological polar surface area (TPSA) is 72.2 Å². The van der Waals surface area contributed by atoms with Crippen LogP contribution in [-0.2, 0) is 10.0 Å². The highest BCUT2D eigenvalue weighted by Crippen LogP contribution is 2.23. The minimum absolute atomic E-state index is 0.112. The lowest BCUT2D eigenvalue weighted by atomic mass is 9.86. The number of nitrogen functional groups attached to an aromatic ring is 1. The summed E-state index contributed by atoms with van der Waals surface area (Å²) in [5.41, 5.74) is 4.90. The van der Waals surface area contributed by atoms with E-state index in [1.807, 2.05) is 27.7 Å². The Bertz CT molecular complexity index is 593. The zero-order valence-corrected chi connectivity index (χ0v) is 13.5. The number of hydrogen-bond donors (Lipinski definition) is 2. The van der Waals surface area contributed by atoms with Crippen molar-refractivity contribution in [3.05, 3.63) is 23.8 Å². The van der Waals surface area contributed by atoms with E-state index in [4.69, 9.17) is 5.73 Å². The van der Waals surface area contributed by atoms with Crippen LogP contribution in [0.3, 0.4) is 0 Å². The van der Waals surface area contributed by atoms with Crippen LogP contribution in [0.1, 0.15) is 27.7 Å². The summed E-state index contributed by atoms with van der Waals surface area (Å²) in [5.74, 6) is -1.47. The standard InChI is InChI=1S/C14H22F2N2O2S/c1-8(2)10(9(3)4)7-18-21(19,20)14-6-13(17)11(15)5-12(14)16/h5-6,8-10,18H,7,17H2,1-4H3. The summed E-state index contributed by atoms with van der Waals surface area (Å²) in [6, 6.07) is 1.28. The average molecular weight is 320 g/mol. The summed E-state index contributed by atoms with van der Waals surface area (Å²) in [6.45, 7) is 8.17. The summed E-state index contributed by atoms with van der Waals surface area (Å²) in [6.07, 6.45) is 0. The maximum Gasteiger partial charge on any atom is 0.243 e. The van der Waals surface area contributed by atoms with Crippen LogP contribution < -0.4 is 10.5 Å². The van der Waals surface area contributed by atoms with E-state index in [2.05, 4.69) is 4.72 Å². The molecule has 4 nitrogen and oxygen atoms in total. The Morgan fingerprint density at radius 1 is 1.10 bits per heavy atom.